The number of fused-ring (bicyclic) bond motifs is 1. The van der Waals surface area contributed by atoms with E-state index < -0.39 is 5.91 Å². The average molecular weight is 312 g/mol. The van der Waals surface area contributed by atoms with E-state index >= 15 is 0 Å². The van der Waals surface area contributed by atoms with Crippen molar-refractivity contribution in [2.45, 2.75) is 13.3 Å². The minimum absolute atomic E-state index is 0.277. The van der Waals surface area contributed by atoms with Crippen molar-refractivity contribution in [2.75, 3.05) is 6.54 Å². The van der Waals surface area contributed by atoms with Crippen LogP contribution in [0.25, 0.3) is 22.1 Å². The van der Waals surface area contributed by atoms with Crippen LogP contribution in [0.1, 0.15) is 21.5 Å². The highest BCUT2D eigenvalue weighted by Crippen LogP contribution is 2.34. The zero-order valence-electron chi connectivity index (χ0n) is 12.7. The van der Waals surface area contributed by atoms with E-state index in [1.165, 1.54) is 6.07 Å². The maximum atomic E-state index is 14.6. The number of hydrogen-bond acceptors (Lipinski definition) is 3. The van der Waals surface area contributed by atoms with E-state index in [1.807, 2.05) is 12.1 Å². The van der Waals surface area contributed by atoms with E-state index in [0.29, 0.717) is 28.7 Å². The summed E-state index contributed by atoms with van der Waals surface area (Å²) >= 11 is 0. The fourth-order valence-corrected chi connectivity index (χ4v) is 2.89. The van der Waals surface area contributed by atoms with Crippen molar-refractivity contribution in [3.05, 3.63) is 59.1 Å². The summed E-state index contributed by atoms with van der Waals surface area (Å²) < 4.78 is 19.9. The van der Waals surface area contributed by atoms with Gasteiger partial charge in [0, 0.05) is 16.5 Å². The minimum atomic E-state index is -0.589. The number of rotatable bonds is 4. The molecule has 5 heteroatoms. The van der Waals surface area contributed by atoms with Gasteiger partial charge in [-0.15, -0.1) is 0 Å². The molecule has 1 heterocycles. The Hall–Kier alpha value is -2.66. The maximum Gasteiger partial charge on any atom is 0.249 e. The average Bonchev–Trinajstić information content (AvgIpc) is 2.99. The van der Waals surface area contributed by atoms with E-state index in [2.05, 4.69) is 0 Å². The van der Waals surface area contributed by atoms with Crippen LogP contribution in [0.5, 0.6) is 0 Å². The number of nitrogens with two attached hydrogens (primary N) is 2. The van der Waals surface area contributed by atoms with Crippen LogP contribution in [-0.4, -0.2) is 12.5 Å². The predicted octanol–water partition coefficient (Wildman–Crippen LogP) is 3.15. The number of primary amides is 1. The topological polar surface area (TPSA) is 82.2 Å². The predicted molar refractivity (Wildman–Crippen MR) is 87.6 cm³/mol. The van der Waals surface area contributed by atoms with Crippen molar-refractivity contribution in [2.24, 2.45) is 11.5 Å². The monoisotopic (exact) mass is 312 g/mol. The van der Waals surface area contributed by atoms with Gasteiger partial charge in [-0.1, -0.05) is 6.07 Å². The lowest BCUT2D eigenvalue weighted by molar-refractivity contribution is 0.100. The Kier molecular flexibility index (Phi) is 3.88. The summed E-state index contributed by atoms with van der Waals surface area (Å²) in [6.45, 7) is 1.89. The van der Waals surface area contributed by atoms with Gasteiger partial charge < -0.3 is 15.9 Å². The van der Waals surface area contributed by atoms with Crippen molar-refractivity contribution in [3.63, 3.8) is 0 Å². The Labute approximate surface area is 132 Å². The van der Waals surface area contributed by atoms with Crippen LogP contribution < -0.4 is 11.5 Å². The molecule has 3 aromatic rings. The number of carbonyl (C=O) groups excluding carboxylic acids is 1. The summed E-state index contributed by atoms with van der Waals surface area (Å²) in [6.07, 6.45) is 1.91. The standard InChI is InChI=1S/C18H17FN2O2/c1-10-8-14(18(21)22)16(13(4-6-20)17(10)19)12-2-3-15-11(9-12)5-7-23-15/h2-3,5,7-9H,4,6,20H2,1H3,(H2,21,22). The number of halogens is 1. The molecular formula is C18H17FN2O2. The van der Waals surface area contributed by atoms with Gasteiger partial charge in [-0.2, -0.15) is 0 Å². The Morgan fingerprint density at radius 3 is 2.74 bits per heavy atom. The molecule has 0 spiro atoms. The van der Waals surface area contributed by atoms with Gasteiger partial charge in [0.05, 0.1) is 6.26 Å². The van der Waals surface area contributed by atoms with Crippen LogP contribution in [0.3, 0.4) is 0 Å². The fourth-order valence-electron chi connectivity index (χ4n) is 2.89. The number of benzene rings is 2. The number of hydrogen-bond donors (Lipinski definition) is 2. The van der Waals surface area contributed by atoms with Crippen LogP contribution >= 0.6 is 0 Å². The molecule has 0 fully saturated rings. The van der Waals surface area contributed by atoms with E-state index in [0.717, 1.165) is 16.5 Å². The molecule has 0 unspecified atom stereocenters. The van der Waals surface area contributed by atoms with Gasteiger partial charge in [0.1, 0.15) is 11.4 Å². The van der Waals surface area contributed by atoms with E-state index in [9.17, 15) is 9.18 Å². The normalized spacial score (nSPS) is 11.1. The van der Waals surface area contributed by atoms with Crippen LogP contribution in [-0.2, 0) is 6.42 Å². The van der Waals surface area contributed by atoms with Crippen LogP contribution in [0.2, 0.25) is 0 Å². The molecule has 4 N–H and O–H groups in total. The van der Waals surface area contributed by atoms with Crippen molar-refractivity contribution >= 4 is 16.9 Å². The molecule has 118 valence electrons. The molecule has 23 heavy (non-hydrogen) atoms. The lowest BCUT2D eigenvalue weighted by atomic mass is 9.89. The van der Waals surface area contributed by atoms with Crippen LogP contribution in [0.15, 0.2) is 41.0 Å². The van der Waals surface area contributed by atoms with Gasteiger partial charge >= 0.3 is 0 Å². The van der Waals surface area contributed by atoms with E-state index in [4.69, 9.17) is 15.9 Å². The van der Waals surface area contributed by atoms with Crippen molar-refractivity contribution in [1.82, 2.24) is 0 Å². The first-order chi connectivity index (χ1) is 11.0. The fraction of sp³-hybridized carbons (Fsp3) is 0.167. The molecule has 0 atom stereocenters. The summed E-state index contributed by atoms with van der Waals surface area (Å²) in [6, 6.07) is 8.75. The molecule has 4 nitrogen and oxygen atoms in total. The second kappa shape index (κ2) is 5.85. The SMILES string of the molecule is Cc1cc(C(N)=O)c(-c2ccc3occc3c2)c(CCN)c1F. The first kappa shape index (κ1) is 15.2. The quantitative estimate of drug-likeness (QED) is 0.776. The van der Waals surface area contributed by atoms with Gasteiger partial charge in [0.25, 0.3) is 0 Å². The highest BCUT2D eigenvalue weighted by molar-refractivity contribution is 6.02. The van der Waals surface area contributed by atoms with Gasteiger partial charge in [-0.05, 0) is 60.8 Å². The van der Waals surface area contributed by atoms with E-state index in [1.54, 1.807) is 25.3 Å². The first-order valence-electron chi connectivity index (χ1n) is 7.32. The molecule has 3 rings (SSSR count). The van der Waals surface area contributed by atoms with Crippen molar-refractivity contribution in [1.29, 1.82) is 0 Å². The van der Waals surface area contributed by atoms with Gasteiger partial charge in [0.15, 0.2) is 0 Å². The van der Waals surface area contributed by atoms with Crippen molar-refractivity contribution < 1.29 is 13.6 Å². The summed E-state index contributed by atoms with van der Waals surface area (Å²) in [5, 5.41) is 0.873. The third-order valence-electron chi connectivity index (χ3n) is 3.94. The highest BCUT2D eigenvalue weighted by Gasteiger charge is 2.20. The highest BCUT2D eigenvalue weighted by atomic mass is 19.1. The second-order valence-electron chi connectivity index (χ2n) is 5.48. The molecule has 0 saturated heterocycles. The summed E-state index contributed by atoms with van der Waals surface area (Å²) in [4.78, 5) is 11.9. The lowest BCUT2D eigenvalue weighted by Crippen LogP contribution is -2.16. The Morgan fingerprint density at radius 2 is 2.04 bits per heavy atom. The van der Waals surface area contributed by atoms with Crippen LogP contribution in [0.4, 0.5) is 4.39 Å². The second-order valence-corrected chi connectivity index (χ2v) is 5.48. The third-order valence-corrected chi connectivity index (χ3v) is 3.94. The molecule has 0 radical (unpaired) electrons. The molecule has 0 bridgehead atoms. The number of carbonyl (C=O) groups is 1. The maximum absolute atomic E-state index is 14.6. The van der Waals surface area contributed by atoms with E-state index in [-0.39, 0.29) is 12.4 Å². The van der Waals surface area contributed by atoms with Gasteiger partial charge in [0.2, 0.25) is 5.91 Å². The molecule has 1 aromatic heterocycles. The smallest absolute Gasteiger partial charge is 0.249 e. The zero-order chi connectivity index (χ0) is 16.6. The van der Waals surface area contributed by atoms with Gasteiger partial charge in [-0.3, -0.25) is 4.79 Å². The van der Waals surface area contributed by atoms with Crippen molar-refractivity contribution in [3.8, 4) is 11.1 Å². The molecule has 2 aromatic carbocycles. The van der Waals surface area contributed by atoms with Gasteiger partial charge in [-0.25, -0.2) is 4.39 Å². The molecule has 0 aliphatic heterocycles. The lowest BCUT2D eigenvalue weighted by Gasteiger charge is -2.16. The summed E-state index contributed by atoms with van der Waals surface area (Å²) in [5.41, 5.74) is 14.2. The molecule has 0 aliphatic carbocycles. The molecule has 0 saturated carbocycles. The number of aryl methyl sites for hydroxylation is 1. The van der Waals surface area contributed by atoms with Crippen LogP contribution in [0, 0.1) is 12.7 Å². The Bertz CT molecular complexity index is 899. The Balaban J connectivity index is 2.34. The Morgan fingerprint density at radius 1 is 1.26 bits per heavy atom. The molecule has 0 aliphatic rings. The summed E-state index contributed by atoms with van der Waals surface area (Å²) in [7, 11) is 0. The number of furan rings is 1. The molecule has 1 amide bonds. The number of amides is 1. The minimum Gasteiger partial charge on any atom is -0.464 e. The zero-order valence-corrected chi connectivity index (χ0v) is 12.7. The first-order valence-corrected chi connectivity index (χ1v) is 7.32. The summed E-state index contributed by atoms with van der Waals surface area (Å²) in [5.74, 6) is -0.934. The molecular weight excluding hydrogens is 295 g/mol. The largest absolute Gasteiger partial charge is 0.464 e. The third kappa shape index (κ3) is 2.59.